The second-order valence-electron chi connectivity index (χ2n) is 2.74. The van der Waals surface area contributed by atoms with E-state index in [4.69, 9.17) is 5.26 Å². The number of nitrogens with one attached hydrogen (secondary N) is 1. The molecule has 0 aromatic heterocycles. The van der Waals surface area contributed by atoms with Gasteiger partial charge in [0, 0.05) is 17.5 Å². The van der Waals surface area contributed by atoms with Crippen molar-refractivity contribution in [3.63, 3.8) is 0 Å². The number of nitriles is 1. The summed E-state index contributed by atoms with van der Waals surface area (Å²) in [6.07, 6.45) is 1.92. The number of nitrogens with zero attached hydrogens (tertiary/aromatic N) is 1. The fourth-order valence-corrected chi connectivity index (χ4v) is 1.55. The van der Waals surface area contributed by atoms with Crippen LogP contribution in [0.25, 0.3) is 0 Å². The second-order valence-corrected chi connectivity index (χ2v) is 3.62. The van der Waals surface area contributed by atoms with Crippen LogP contribution in [-0.2, 0) is 4.79 Å². The van der Waals surface area contributed by atoms with E-state index in [2.05, 4.69) is 11.4 Å². The van der Waals surface area contributed by atoms with E-state index in [1.807, 2.05) is 12.3 Å². The van der Waals surface area contributed by atoms with Gasteiger partial charge >= 0.3 is 0 Å². The third-order valence-electron chi connectivity index (χ3n) is 1.59. The maximum atomic E-state index is 10.8. The van der Waals surface area contributed by atoms with Gasteiger partial charge in [0.2, 0.25) is 5.91 Å². The highest BCUT2D eigenvalue weighted by Crippen LogP contribution is 2.21. The van der Waals surface area contributed by atoms with Crippen molar-refractivity contribution in [2.75, 3.05) is 11.6 Å². The molecule has 0 aliphatic carbocycles. The summed E-state index contributed by atoms with van der Waals surface area (Å²) >= 11 is 1.54. The Morgan fingerprint density at radius 1 is 1.50 bits per heavy atom. The number of hydrogen-bond donors (Lipinski definition) is 1. The van der Waals surface area contributed by atoms with Crippen molar-refractivity contribution in [2.45, 2.75) is 11.8 Å². The summed E-state index contributed by atoms with van der Waals surface area (Å²) in [5, 5.41) is 11.4. The van der Waals surface area contributed by atoms with Gasteiger partial charge in [0.1, 0.15) is 0 Å². The van der Waals surface area contributed by atoms with Crippen LogP contribution in [0.4, 0.5) is 5.69 Å². The maximum absolute atomic E-state index is 10.8. The first kappa shape index (κ1) is 10.6. The van der Waals surface area contributed by atoms with Gasteiger partial charge in [-0.3, -0.25) is 4.79 Å². The van der Waals surface area contributed by atoms with E-state index >= 15 is 0 Å². The fraction of sp³-hybridized carbons (Fsp3) is 0.200. The zero-order chi connectivity index (χ0) is 10.6. The van der Waals surface area contributed by atoms with Crippen molar-refractivity contribution in [1.29, 1.82) is 5.26 Å². The molecule has 0 fully saturated rings. The molecule has 0 saturated carbocycles. The van der Waals surface area contributed by atoms with Crippen LogP contribution in [0.1, 0.15) is 12.5 Å². The number of amides is 1. The van der Waals surface area contributed by atoms with E-state index in [1.165, 1.54) is 18.7 Å². The zero-order valence-electron chi connectivity index (χ0n) is 8.00. The third-order valence-corrected chi connectivity index (χ3v) is 2.30. The monoisotopic (exact) mass is 206 g/mol. The number of carbonyl (C=O) groups excluding carboxylic acids is 1. The highest BCUT2D eigenvalue weighted by molar-refractivity contribution is 7.98. The first-order valence-corrected chi connectivity index (χ1v) is 5.25. The number of benzene rings is 1. The minimum absolute atomic E-state index is 0.132. The van der Waals surface area contributed by atoms with Crippen molar-refractivity contribution in [3.05, 3.63) is 23.8 Å². The number of rotatable bonds is 2. The Kier molecular flexibility index (Phi) is 3.55. The van der Waals surface area contributed by atoms with Crippen LogP contribution in [0.3, 0.4) is 0 Å². The second kappa shape index (κ2) is 4.68. The lowest BCUT2D eigenvalue weighted by atomic mass is 10.2. The molecule has 1 aromatic rings. The third kappa shape index (κ3) is 2.79. The van der Waals surface area contributed by atoms with E-state index in [-0.39, 0.29) is 5.91 Å². The number of anilines is 1. The molecule has 0 saturated heterocycles. The lowest BCUT2D eigenvalue weighted by Gasteiger charge is -2.04. The Hall–Kier alpha value is -1.47. The Balaban J connectivity index is 3.05. The number of carbonyl (C=O) groups is 1. The molecule has 0 bridgehead atoms. The van der Waals surface area contributed by atoms with Gasteiger partial charge in [0.25, 0.3) is 0 Å². The van der Waals surface area contributed by atoms with Crippen LogP contribution in [-0.4, -0.2) is 12.2 Å². The summed E-state index contributed by atoms with van der Waals surface area (Å²) in [5.74, 6) is -0.132. The first-order valence-electron chi connectivity index (χ1n) is 4.02. The fourth-order valence-electron chi connectivity index (χ4n) is 1.06. The minimum Gasteiger partial charge on any atom is -0.326 e. The molecule has 0 aliphatic rings. The van der Waals surface area contributed by atoms with Crippen molar-refractivity contribution in [1.82, 2.24) is 0 Å². The van der Waals surface area contributed by atoms with Crippen LogP contribution in [0.2, 0.25) is 0 Å². The van der Waals surface area contributed by atoms with E-state index in [9.17, 15) is 4.79 Å². The normalized spacial score (nSPS) is 9.21. The van der Waals surface area contributed by atoms with E-state index in [0.29, 0.717) is 11.3 Å². The van der Waals surface area contributed by atoms with E-state index in [1.54, 1.807) is 12.1 Å². The summed E-state index contributed by atoms with van der Waals surface area (Å²) in [7, 11) is 0. The topological polar surface area (TPSA) is 52.9 Å². The summed E-state index contributed by atoms with van der Waals surface area (Å²) < 4.78 is 0. The molecule has 0 spiro atoms. The van der Waals surface area contributed by atoms with Crippen LogP contribution < -0.4 is 5.32 Å². The van der Waals surface area contributed by atoms with Crippen molar-refractivity contribution in [3.8, 4) is 6.07 Å². The lowest BCUT2D eigenvalue weighted by molar-refractivity contribution is -0.114. The molecule has 3 nitrogen and oxygen atoms in total. The van der Waals surface area contributed by atoms with Crippen molar-refractivity contribution >= 4 is 23.4 Å². The van der Waals surface area contributed by atoms with E-state index in [0.717, 1.165) is 4.90 Å². The predicted molar refractivity (Wildman–Crippen MR) is 57.2 cm³/mol. The molecule has 0 aliphatic heterocycles. The van der Waals surface area contributed by atoms with Gasteiger partial charge in [-0.2, -0.15) is 5.26 Å². The van der Waals surface area contributed by atoms with Gasteiger partial charge in [0.15, 0.2) is 0 Å². The molecule has 1 amide bonds. The number of hydrogen-bond acceptors (Lipinski definition) is 3. The smallest absolute Gasteiger partial charge is 0.221 e. The molecular formula is C10H10N2OS. The van der Waals surface area contributed by atoms with Gasteiger partial charge in [-0.05, 0) is 24.5 Å². The van der Waals surface area contributed by atoms with Gasteiger partial charge in [-0.25, -0.2) is 0 Å². The molecule has 0 radical (unpaired) electrons. The molecular weight excluding hydrogens is 196 g/mol. The van der Waals surface area contributed by atoms with Gasteiger partial charge < -0.3 is 5.32 Å². The first-order chi connectivity index (χ1) is 6.65. The summed E-state index contributed by atoms with van der Waals surface area (Å²) in [6, 6.07) is 7.33. The van der Waals surface area contributed by atoms with Crippen LogP contribution in [0.5, 0.6) is 0 Å². The zero-order valence-corrected chi connectivity index (χ0v) is 8.81. The van der Waals surface area contributed by atoms with Crippen LogP contribution in [0.15, 0.2) is 23.1 Å². The minimum atomic E-state index is -0.132. The van der Waals surface area contributed by atoms with E-state index < -0.39 is 0 Å². The van der Waals surface area contributed by atoms with Crippen LogP contribution >= 0.6 is 11.8 Å². The molecule has 0 atom stereocenters. The average molecular weight is 206 g/mol. The maximum Gasteiger partial charge on any atom is 0.221 e. The summed E-state index contributed by atoms with van der Waals surface area (Å²) in [6.45, 7) is 1.44. The number of thioether (sulfide) groups is 1. The van der Waals surface area contributed by atoms with Crippen LogP contribution in [0, 0.1) is 11.3 Å². The molecule has 14 heavy (non-hydrogen) atoms. The highest BCUT2D eigenvalue weighted by atomic mass is 32.2. The summed E-state index contributed by atoms with van der Waals surface area (Å²) in [5.41, 5.74) is 1.22. The molecule has 0 heterocycles. The summed E-state index contributed by atoms with van der Waals surface area (Å²) in [4.78, 5) is 11.8. The predicted octanol–water partition coefficient (Wildman–Crippen LogP) is 2.24. The van der Waals surface area contributed by atoms with Crippen molar-refractivity contribution in [2.24, 2.45) is 0 Å². The average Bonchev–Trinajstić information content (AvgIpc) is 2.16. The standard InChI is InChI=1S/C10H10N2OS/c1-7(13)12-9-3-8(6-11)4-10(5-9)14-2/h3-5H,1-2H3,(H,12,13). The Labute approximate surface area is 87.1 Å². The quantitative estimate of drug-likeness (QED) is 0.755. The molecule has 1 aromatic carbocycles. The van der Waals surface area contributed by atoms with Gasteiger partial charge in [0.05, 0.1) is 11.6 Å². The molecule has 1 N–H and O–H groups in total. The van der Waals surface area contributed by atoms with Crippen molar-refractivity contribution < 1.29 is 4.79 Å². The largest absolute Gasteiger partial charge is 0.326 e. The Morgan fingerprint density at radius 2 is 2.21 bits per heavy atom. The lowest BCUT2D eigenvalue weighted by Crippen LogP contribution is -2.05. The molecule has 1 rings (SSSR count). The van der Waals surface area contributed by atoms with Gasteiger partial charge in [-0.1, -0.05) is 0 Å². The Morgan fingerprint density at radius 3 is 2.71 bits per heavy atom. The SMILES string of the molecule is CSc1cc(C#N)cc(NC(C)=O)c1. The molecule has 0 unspecified atom stereocenters. The highest BCUT2D eigenvalue weighted by Gasteiger charge is 2.01. The molecule has 4 heteroatoms. The Bertz CT molecular complexity index is 396. The van der Waals surface area contributed by atoms with Gasteiger partial charge in [-0.15, -0.1) is 11.8 Å². The molecule has 72 valence electrons.